The zero-order chi connectivity index (χ0) is 20.4. The molecule has 28 heavy (non-hydrogen) atoms. The van der Waals surface area contributed by atoms with E-state index in [1.165, 1.54) is 29.2 Å². The Balaban J connectivity index is 2.22. The number of rotatable bonds is 5. The number of aliphatic hydroxyl groups is 1. The number of likely N-dealkylation sites (tertiary alicyclic amines) is 1. The fourth-order valence-corrected chi connectivity index (χ4v) is 3.23. The van der Waals surface area contributed by atoms with Gasteiger partial charge in [0.05, 0.1) is 16.5 Å². The summed E-state index contributed by atoms with van der Waals surface area (Å²) in [7, 11) is 0. The molecule has 0 saturated carbocycles. The summed E-state index contributed by atoms with van der Waals surface area (Å²) >= 11 is 0. The van der Waals surface area contributed by atoms with Crippen molar-refractivity contribution in [3.05, 3.63) is 93.6 Å². The van der Waals surface area contributed by atoms with Crippen LogP contribution in [0.5, 0.6) is 0 Å². The van der Waals surface area contributed by atoms with Gasteiger partial charge < -0.3 is 10.0 Å². The minimum absolute atomic E-state index is 0.0581. The predicted octanol–water partition coefficient (Wildman–Crippen LogP) is 3.51. The van der Waals surface area contributed by atoms with E-state index in [1.54, 1.807) is 30.3 Å². The smallest absolute Gasteiger partial charge is 0.295 e. The molecule has 0 aromatic heterocycles. The number of ketones is 1. The van der Waals surface area contributed by atoms with E-state index in [0.29, 0.717) is 11.1 Å². The highest BCUT2D eigenvalue weighted by molar-refractivity contribution is 6.46. The van der Waals surface area contributed by atoms with E-state index in [4.69, 9.17) is 0 Å². The highest BCUT2D eigenvalue weighted by atomic mass is 16.6. The Morgan fingerprint density at radius 1 is 1.25 bits per heavy atom. The van der Waals surface area contributed by atoms with Crippen LogP contribution >= 0.6 is 0 Å². The van der Waals surface area contributed by atoms with Crippen LogP contribution in [0.2, 0.25) is 0 Å². The van der Waals surface area contributed by atoms with Crippen LogP contribution in [0.25, 0.3) is 5.76 Å². The van der Waals surface area contributed by atoms with Crippen LogP contribution in [0.1, 0.15) is 22.7 Å². The van der Waals surface area contributed by atoms with E-state index in [1.807, 2.05) is 6.92 Å². The van der Waals surface area contributed by atoms with Crippen LogP contribution in [0, 0.1) is 17.0 Å². The molecule has 2 aromatic rings. The Labute approximate surface area is 161 Å². The average Bonchev–Trinajstić information content (AvgIpc) is 2.93. The van der Waals surface area contributed by atoms with Crippen molar-refractivity contribution in [3.63, 3.8) is 0 Å². The first-order chi connectivity index (χ1) is 13.3. The zero-order valence-electron chi connectivity index (χ0n) is 15.2. The molecule has 1 unspecified atom stereocenters. The molecule has 1 aliphatic rings. The lowest BCUT2D eigenvalue weighted by molar-refractivity contribution is -0.384. The quantitative estimate of drug-likeness (QED) is 0.214. The van der Waals surface area contributed by atoms with Gasteiger partial charge in [-0.25, -0.2) is 0 Å². The van der Waals surface area contributed by atoms with Gasteiger partial charge in [0.25, 0.3) is 17.4 Å². The van der Waals surface area contributed by atoms with Gasteiger partial charge in [-0.1, -0.05) is 48.0 Å². The number of carbonyl (C=O) groups is 2. The SMILES string of the molecule is C=CCN1C(=O)C(=O)/C(=C(/O)c2ccc(C)cc2)C1c1cccc([N+](=O)[O-])c1. The molecule has 1 N–H and O–H groups in total. The Bertz CT molecular complexity index is 1010. The molecule has 1 aliphatic heterocycles. The third-order valence-corrected chi connectivity index (χ3v) is 4.59. The summed E-state index contributed by atoms with van der Waals surface area (Å²) in [5.74, 6) is -1.94. The molecule has 0 bridgehead atoms. The molecule has 3 rings (SSSR count). The van der Waals surface area contributed by atoms with Gasteiger partial charge in [0.2, 0.25) is 0 Å². The summed E-state index contributed by atoms with van der Waals surface area (Å²) in [6, 6.07) is 11.6. The fraction of sp³-hybridized carbons (Fsp3) is 0.143. The Kier molecular flexibility index (Phi) is 5.08. The summed E-state index contributed by atoms with van der Waals surface area (Å²) in [6.07, 6.45) is 1.46. The van der Waals surface area contributed by atoms with Crippen molar-refractivity contribution in [1.82, 2.24) is 4.90 Å². The second kappa shape index (κ2) is 7.48. The maximum Gasteiger partial charge on any atom is 0.295 e. The molecule has 0 radical (unpaired) electrons. The number of nitro benzene ring substituents is 1. The second-order valence-electron chi connectivity index (χ2n) is 6.46. The first-order valence-electron chi connectivity index (χ1n) is 8.56. The number of nitrogens with zero attached hydrogens (tertiary/aromatic N) is 2. The molecule has 1 atom stereocenters. The second-order valence-corrected chi connectivity index (χ2v) is 6.46. The van der Waals surface area contributed by atoms with Crippen molar-refractivity contribution in [2.24, 2.45) is 0 Å². The molecule has 1 fully saturated rings. The van der Waals surface area contributed by atoms with E-state index in [0.717, 1.165) is 5.56 Å². The maximum absolute atomic E-state index is 12.7. The molecule has 0 spiro atoms. The minimum Gasteiger partial charge on any atom is -0.507 e. The third kappa shape index (κ3) is 3.29. The molecule has 2 aromatic carbocycles. The van der Waals surface area contributed by atoms with E-state index in [2.05, 4.69) is 6.58 Å². The third-order valence-electron chi connectivity index (χ3n) is 4.59. The number of aryl methyl sites for hydroxylation is 1. The number of hydrogen-bond acceptors (Lipinski definition) is 5. The van der Waals surface area contributed by atoms with Gasteiger partial charge in [-0.2, -0.15) is 0 Å². The summed E-state index contributed by atoms with van der Waals surface area (Å²) in [5.41, 5.74) is 1.45. The fourth-order valence-electron chi connectivity index (χ4n) is 3.23. The van der Waals surface area contributed by atoms with Crippen LogP contribution in [0.4, 0.5) is 5.69 Å². The number of Topliss-reactive ketones (excluding diaryl/α,β-unsaturated/α-hetero) is 1. The van der Waals surface area contributed by atoms with E-state index >= 15 is 0 Å². The molecule has 1 amide bonds. The monoisotopic (exact) mass is 378 g/mol. The molecule has 1 heterocycles. The number of non-ortho nitro benzene ring substituents is 1. The van der Waals surface area contributed by atoms with Crippen molar-refractivity contribution >= 4 is 23.1 Å². The molecule has 0 aliphatic carbocycles. The molecule has 7 heteroatoms. The number of aliphatic hydroxyl groups excluding tert-OH is 1. The van der Waals surface area contributed by atoms with Gasteiger partial charge in [-0.3, -0.25) is 19.7 Å². The Morgan fingerprint density at radius 2 is 1.93 bits per heavy atom. The number of nitro groups is 1. The van der Waals surface area contributed by atoms with Gasteiger partial charge >= 0.3 is 0 Å². The lowest BCUT2D eigenvalue weighted by Gasteiger charge is -2.23. The lowest BCUT2D eigenvalue weighted by Crippen LogP contribution is -2.29. The van der Waals surface area contributed by atoms with Crippen LogP contribution in [-0.4, -0.2) is 33.2 Å². The molecule has 1 saturated heterocycles. The van der Waals surface area contributed by atoms with E-state index < -0.39 is 22.7 Å². The van der Waals surface area contributed by atoms with Gasteiger partial charge in [0.1, 0.15) is 5.76 Å². The Hall–Kier alpha value is -3.74. The largest absolute Gasteiger partial charge is 0.507 e. The van der Waals surface area contributed by atoms with E-state index in [-0.39, 0.29) is 23.6 Å². The van der Waals surface area contributed by atoms with Crippen molar-refractivity contribution in [1.29, 1.82) is 0 Å². The predicted molar refractivity (Wildman–Crippen MR) is 103 cm³/mol. The van der Waals surface area contributed by atoms with Crippen LogP contribution in [0.15, 0.2) is 66.8 Å². The first kappa shape index (κ1) is 19.0. The summed E-state index contributed by atoms with van der Waals surface area (Å²) in [4.78, 5) is 37.1. The van der Waals surface area contributed by atoms with Crippen molar-refractivity contribution in [2.75, 3.05) is 6.54 Å². The van der Waals surface area contributed by atoms with Gasteiger partial charge in [-0.05, 0) is 12.5 Å². The van der Waals surface area contributed by atoms with Gasteiger partial charge in [0.15, 0.2) is 0 Å². The molecule has 142 valence electrons. The van der Waals surface area contributed by atoms with Crippen LogP contribution in [0.3, 0.4) is 0 Å². The zero-order valence-corrected chi connectivity index (χ0v) is 15.2. The average molecular weight is 378 g/mol. The van der Waals surface area contributed by atoms with Crippen molar-refractivity contribution in [3.8, 4) is 0 Å². The number of amides is 1. The maximum atomic E-state index is 12.7. The first-order valence-corrected chi connectivity index (χ1v) is 8.56. The summed E-state index contributed by atoms with van der Waals surface area (Å²) < 4.78 is 0. The Morgan fingerprint density at radius 3 is 2.54 bits per heavy atom. The number of benzene rings is 2. The topological polar surface area (TPSA) is 101 Å². The van der Waals surface area contributed by atoms with E-state index in [9.17, 15) is 24.8 Å². The standard InChI is InChI=1S/C21H18N2O5/c1-3-11-22-18(15-5-4-6-16(12-15)23(27)28)17(20(25)21(22)26)19(24)14-9-7-13(2)8-10-14/h3-10,12,18,24H,1,11H2,2H3/b19-17+. The van der Waals surface area contributed by atoms with Crippen LogP contribution < -0.4 is 0 Å². The van der Waals surface area contributed by atoms with Crippen molar-refractivity contribution in [2.45, 2.75) is 13.0 Å². The number of hydrogen-bond donors (Lipinski definition) is 1. The van der Waals surface area contributed by atoms with Gasteiger partial charge in [0, 0.05) is 24.2 Å². The normalized spacial score (nSPS) is 18.3. The summed E-state index contributed by atoms with van der Waals surface area (Å²) in [5, 5.41) is 22.0. The molecule has 7 nitrogen and oxygen atoms in total. The highest BCUT2D eigenvalue weighted by Crippen LogP contribution is 2.40. The minimum atomic E-state index is -0.945. The highest BCUT2D eigenvalue weighted by Gasteiger charge is 2.45. The van der Waals surface area contributed by atoms with Crippen LogP contribution in [-0.2, 0) is 9.59 Å². The van der Waals surface area contributed by atoms with Crippen molar-refractivity contribution < 1.29 is 19.6 Å². The van der Waals surface area contributed by atoms with Gasteiger partial charge in [-0.15, -0.1) is 6.58 Å². The molecular weight excluding hydrogens is 360 g/mol. The molecular formula is C21H18N2O5. The number of carbonyl (C=O) groups excluding carboxylic acids is 2. The summed E-state index contributed by atoms with van der Waals surface area (Å²) in [6.45, 7) is 5.55. The lowest BCUT2D eigenvalue weighted by atomic mass is 9.95.